The number of anilines is 1. The van der Waals surface area contributed by atoms with Gasteiger partial charge in [0, 0.05) is 29.1 Å². The van der Waals surface area contributed by atoms with Crippen LogP contribution in [0.1, 0.15) is 66.1 Å². The zero-order chi connectivity index (χ0) is 28.0. The van der Waals surface area contributed by atoms with E-state index in [4.69, 9.17) is 14.0 Å². The highest BCUT2D eigenvalue weighted by molar-refractivity contribution is 5.90. The lowest BCUT2D eigenvalue weighted by Crippen LogP contribution is -2.46. The number of nitrogens with zero attached hydrogens (tertiary/aromatic N) is 2. The maximum atomic E-state index is 15.0. The normalized spacial score (nSPS) is 22.1. The number of rotatable bonds is 9. The van der Waals surface area contributed by atoms with Gasteiger partial charge in [-0.05, 0) is 62.8 Å². The summed E-state index contributed by atoms with van der Waals surface area (Å²) in [4.78, 5) is 13.6. The fraction of sp³-hybridized carbons (Fsp3) is 0.448. The van der Waals surface area contributed by atoms with E-state index in [0.717, 1.165) is 44.9 Å². The molecule has 0 radical (unpaired) electrons. The molecule has 6 rings (SSSR count). The van der Waals surface area contributed by atoms with Gasteiger partial charge in [0.15, 0.2) is 0 Å². The number of fused-ring (bicyclic) bond motifs is 2. The lowest BCUT2D eigenvalue weighted by Gasteiger charge is -2.40. The van der Waals surface area contributed by atoms with E-state index in [9.17, 15) is 13.6 Å². The molecule has 1 unspecified atom stereocenters. The molecular weight excluding hydrogens is 532 g/mol. The Morgan fingerprint density at radius 3 is 2.38 bits per heavy atom. The van der Waals surface area contributed by atoms with Crippen LogP contribution in [0.4, 0.5) is 23.2 Å². The predicted octanol–water partition coefficient (Wildman–Crippen LogP) is 6.60. The summed E-state index contributed by atoms with van der Waals surface area (Å²) in [6.07, 6.45) is 4.34. The molecule has 2 saturated heterocycles. The molecule has 1 aliphatic carbocycles. The molecule has 11 heteroatoms. The minimum absolute atomic E-state index is 0.00280. The molecule has 0 spiro atoms. The van der Waals surface area contributed by atoms with Crippen molar-refractivity contribution in [1.29, 1.82) is 0 Å². The number of piperidine rings is 1. The largest absolute Gasteiger partial charge is 0.465 e. The molecule has 212 valence electrons. The minimum atomic E-state index is -2.98. The van der Waals surface area contributed by atoms with Crippen LogP contribution >= 0.6 is 0 Å². The van der Waals surface area contributed by atoms with Gasteiger partial charge in [-0.3, -0.25) is 0 Å². The van der Waals surface area contributed by atoms with E-state index in [1.54, 1.807) is 23.1 Å². The number of hydrogen-bond donors (Lipinski definition) is 0. The van der Waals surface area contributed by atoms with Gasteiger partial charge < -0.3 is 23.6 Å². The Hall–Kier alpha value is -3.60. The molecule has 3 aliphatic rings. The van der Waals surface area contributed by atoms with Crippen molar-refractivity contribution in [2.24, 2.45) is 0 Å². The molecule has 40 heavy (non-hydrogen) atoms. The van der Waals surface area contributed by atoms with Gasteiger partial charge in [-0.25, -0.2) is 13.6 Å². The minimum Gasteiger partial charge on any atom is -0.465 e. The molecule has 0 N–H and O–H groups in total. The molecule has 7 nitrogen and oxygen atoms in total. The molecule has 0 amide bonds. The number of methoxy groups -OCH3 is 1. The first-order valence-electron chi connectivity index (χ1n) is 13.3. The highest BCUT2D eigenvalue weighted by atomic mass is 19.3. The van der Waals surface area contributed by atoms with Gasteiger partial charge in [0.05, 0.1) is 25.4 Å². The van der Waals surface area contributed by atoms with Crippen LogP contribution in [0, 0.1) is 11.6 Å². The number of carbonyl (C=O) groups is 1. The van der Waals surface area contributed by atoms with Crippen LogP contribution < -0.4 is 9.64 Å². The third-order valence-corrected chi connectivity index (χ3v) is 7.97. The number of benzene rings is 2. The van der Waals surface area contributed by atoms with Crippen LogP contribution in [0.3, 0.4) is 0 Å². The third-order valence-electron chi connectivity index (χ3n) is 7.97. The van der Waals surface area contributed by atoms with Gasteiger partial charge in [0.25, 0.3) is 0 Å². The Morgan fingerprint density at radius 1 is 1.07 bits per heavy atom. The summed E-state index contributed by atoms with van der Waals surface area (Å²) < 4.78 is 77.5. The second kappa shape index (κ2) is 10.8. The van der Waals surface area contributed by atoms with Crippen molar-refractivity contribution in [3.63, 3.8) is 0 Å². The van der Waals surface area contributed by atoms with Crippen LogP contribution in [0.2, 0.25) is 0 Å². The first-order valence-corrected chi connectivity index (χ1v) is 13.3. The fourth-order valence-electron chi connectivity index (χ4n) is 6.08. The van der Waals surface area contributed by atoms with Crippen molar-refractivity contribution in [2.45, 2.75) is 75.8 Å². The number of esters is 1. The zero-order valence-electron chi connectivity index (χ0n) is 21.7. The van der Waals surface area contributed by atoms with E-state index >= 15 is 8.78 Å². The lowest BCUT2D eigenvalue weighted by atomic mass is 9.97. The zero-order valence-corrected chi connectivity index (χ0v) is 21.7. The van der Waals surface area contributed by atoms with E-state index in [0.29, 0.717) is 35.4 Å². The van der Waals surface area contributed by atoms with Crippen LogP contribution in [-0.2, 0) is 16.1 Å². The Kier molecular flexibility index (Phi) is 7.16. The van der Waals surface area contributed by atoms with Gasteiger partial charge in [-0.2, -0.15) is 8.78 Å². The van der Waals surface area contributed by atoms with Crippen molar-refractivity contribution in [3.8, 4) is 17.0 Å². The topological polar surface area (TPSA) is 74.0 Å². The number of hydrogen-bond acceptors (Lipinski definition) is 7. The Morgan fingerprint density at radius 2 is 1.75 bits per heavy atom. The Balaban J connectivity index is 1.20. The molecule has 2 bridgehead atoms. The van der Waals surface area contributed by atoms with Crippen LogP contribution in [0.15, 0.2) is 40.9 Å². The molecule has 2 aromatic carbocycles. The van der Waals surface area contributed by atoms with Crippen molar-refractivity contribution >= 4 is 11.7 Å². The van der Waals surface area contributed by atoms with E-state index in [2.05, 4.69) is 9.89 Å². The van der Waals surface area contributed by atoms with Gasteiger partial charge >= 0.3 is 12.6 Å². The van der Waals surface area contributed by atoms with Gasteiger partial charge in [-0.1, -0.05) is 17.3 Å². The average molecular weight is 561 g/mol. The molecule has 3 atom stereocenters. The van der Waals surface area contributed by atoms with Crippen LogP contribution in [0.25, 0.3) is 11.3 Å². The lowest BCUT2D eigenvalue weighted by molar-refractivity contribution is -0.0494. The number of aromatic nitrogens is 1. The number of alkyl halides is 2. The van der Waals surface area contributed by atoms with Gasteiger partial charge in [0.1, 0.15) is 34.5 Å². The summed E-state index contributed by atoms with van der Waals surface area (Å²) in [6, 6.07) is 8.18. The quantitative estimate of drug-likeness (QED) is 0.216. The highest BCUT2D eigenvalue weighted by Gasteiger charge is 2.44. The Bertz CT molecular complexity index is 1370. The summed E-state index contributed by atoms with van der Waals surface area (Å²) in [5, 5.41) is 4.21. The monoisotopic (exact) mass is 560 g/mol. The SMILES string of the molecule is COC(=O)c1cc(F)c(N2[C@@H]3CC[C@H]2CC(OCc2c(-c4ccccc4OC(F)F)noc2C2CC2)C3)c(F)c1. The predicted molar refractivity (Wildman–Crippen MR) is 135 cm³/mol. The maximum absolute atomic E-state index is 15.0. The second-order valence-electron chi connectivity index (χ2n) is 10.5. The van der Waals surface area contributed by atoms with E-state index in [-0.39, 0.29) is 47.7 Å². The first kappa shape index (κ1) is 26.6. The summed E-state index contributed by atoms with van der Waals surface area (Å²) in [6.45, 7) is -2.82. The van der Waals surface area contributed by atoms with E-state index < -0.39 is 24.2 Å². The van der Waals surface area contributed by atoms with Crippen LogP contribution in [-0.4, -0.2) is 43.0 Å². The first-order chi connectivity index (χ1) is 19.3. The van der Waals surface area contributed by atoms with Crippen molar-refractivity contribution in [2.75, 3.05) is 12.0 Å². The maximum Gasteiger partial charge on any atom is 0.387 e. The van der Waals surface area contributed by atoms with E-state index in [1.165, 1.54) is 6.07 Å². The molecule has 2 aliphatic heterocycles. The highest BCUT2D eigenvalue weighted by Crippen LogP contribution is 2.46. The number of halogens is 4. The smallest absolute Gasteiger partial charge is 0.387 e. The molecule has 3 aromatic rings. The standard InChI is InChI=1S/C29H28F4N2O5/c1-37-28(36)16-10-22(30)26(23(31)11-16)35-17-8-9-18(35)13-19(12-17)38-14-21-25(34-40-27(21)15-6-7-15)20-4-2-3-5-24(20)39-29(32)33/h2-5,10-11,15,17-19,29H,6-9,12-14H2,1H3/t17-,18+,19?. The van der Waals surface area contributed by atoms with Crippen LogP contribution in [0.5, 0.6) is 5.75 Å². The summed E-state index contributed by atoms with van der Waals surface area (Å²) in [7, 11) is 1.16. The summed E-state index contributed by atoms with van der Waals surface area (Å²) in [5.41, 5.74) is 1.20. The van der Waals surface area contributed by atoms with Crippen molar-refractivity contribution in [3.05, 3.63) is 64.9 Å². The van der Waals surface area contributed by atoms with Crippen molar-refractivity contribution in [1.82, 2.24) is 5.16 Å². The van der Waals surface area contributed by atoms with Gasteiger partial charge in [0.2, 0.25) is 0 Å². The average Bonchev–Trinajstić information content (AvgIpc) is 3.64. The summed E-state index contributed by atoms with van der Waals surface area (Å²) >= 11 is 0. The van der Waals surface area contributed by atoms with Gasteiger partial charge in [-0.15, -0.1) is 0 Å². The molecule has 3 fully saturated rings. The molecule has 3 heterocycles. The number of carbonyl (C=O) groups excluding carboxylic acids is 1. The molecular formula is C29H28F4N2O5. The second-order valence-corrected chi connectivity index (χ2v) is 10.5. The van der Waals surface area contributed by atoms with Crippen molar-refractivity contribution < 1.29 is 41.1 Å². The third kappa shape index (κ3) is 5.02. The number of ether oxygens (including phenoxy) is 3. The number of para-hydroxylation sites is 1. The summed E-state index contributed by atoms with van der Waals surface area (Å²) in [5.74, 6) is -1.50. The van der Waals surface area contributed by atoms with E-state index in [1.807, 2.05) is 0 Å². The fourth-order valence-corrected chi connectivity index (χ4v) is 6.08. The Labute approximate surface area is 228 Å². The molecule has 1 aromatic heterocycles. The molecule has 1 saturated carbocycles.